The molecule has 4 heteroatoms. The fourth-order valence-electron chi connectivity index (χ4n) is 1.31. The van der Waals surface area contributed by atoms with Gasteiger partial charge in [0.2, 0.25) is 0 Å². The summed E-state index contributed by atoms with van der Waals surface area (Å²) in [5.74, 6) is -0.251. The van der Waals surface area contributed by atoms with Crippen LogP contribution >= 0.6 is 11.6 Å². The lowest BCUT2D eigenvalue weighted by molar-refractivity contribution is -0.116. The molecule has 1 rings (SSSR count). The first-order valence-electron chi connectivity index (χ1n) is 4.50. The predicted molar refractivity (Wildman–Crippen MR) is 55.6 cm³/mol. The van der Waals surface area contributed by atoms with Gasteiger partial charge in [-0.1, -0.05) is 12.1 Å². The van der Waals surface area contributed by atoms with Crippen molar-refractivity contribution in [1.82, 2.24) is 0 Å². The fraction of sp³-hybridized carbons (Fsp3) is 0.364. The Labute approximate surface area is 92.1 Å². The Morgan fingerprint density at radius 1 is 1.47 bits per heavy atom. The Kier molecular flexibility index (Phi) is 4.21. The molecule has 15 heavy (non-hydrogen) atoms. The Morgan fingerprint density at radius 3 is 2.67 bits per heavy atom. The number of carbonyl (C=O) groups excluding carboxylic acids is 1. The number of benzene rings is 1. The van der Waals surface area contributed by atoms with Crippen LogP contribution in [0.1, 0.15) is 23.1 Å². The van der Waals surface area contributed by atoms with Crippen LogP contribution in [-0.4, -0.2) is 11.7 Å². The van der Waals surface area contributed by atoms with Gasteiger partial charge in [-0.05, 0) is 24.1 Å². The van der Waals surface area contributed by atoms with Crippen LogP contribution in [0.25, 0.3) is 0 Å². The third kappa shape index (κ3) is 3.27. The maximum Gasteiger partial charge on any atom is 0.264 e. The zero-order valence-corrected chi connectivity index (χ0v) is 9.02. The molecular weight excluding hydrogens is 222 g/mol. The quantitative estimate of drug-likeness (QED) is 0.728. The van der Waals surface area contributed by atoms with Gasteiger partial charge in [0, 0.05) is 12.0 Å². The minimum Gasteiger partial charge on any atom is -0.298 e. The van der Waals surface area contributed by atoms with Crippen LogP contribution in [0, 0.1) is 6.92 Å². The summed E-state index contributed by atoms with van der Waals surface area (Å²) in [6.07, 6.45) is -2.39. The van der Waals surface area contributed by atoms with Crippen molar-refractivity contribution in [3.05, 3.63) is 34.9 Å². The minimum atomic E-state index is -2.50. The molecule has 0 fully saturated rings. The van der Waals surface area contributed by atoms with Gasteiger partial charge in [-0.2, -0.15) is 0 Å². The third-order valence-corrected chi connectivity index (χ3v) is 2.43. The molecule has 0 aliphatic carbocycles. The topological polar surface area (TPSA) is 17.1 Å². The molecule has 0 heterocycles. The molecule has 0 aromatic heterocycles. The maximum atomic E-state index is 12.5. The fourth-order valence-corrected chi connectivity index (χ4v) is 1.40. The second-order valence-corrected chi connectivity index (χ2v) is 3.61. The number of ketones is 1. The van der Waals surface area contributed by atoms with E-state index in [0.717, 1.165) is 0 Å². The number of aryl methyl sites for hydroxylation is 1. The molecule has 1 aromatic rings. The minimum absolute atomic E-state index is 0.0186. The second kappa shape index (κ2) is 5.21. The molecule has 1 nitrogen and oxygen atoms in total. The van der Waals surface area contributed by atoms with E-state index in [1.54, 1.807) is 19.1 Å². The highest BCUT2D eigenvalue weighted by Crippen LogP contribution is 2.23. The molecule has 0 spiro atoms. The number of Topliss-reactive ketones (excluding diaryl/α,β-unsaturated/α-hetero) is 1. The monoisotopic (exact) mass is 232 g/mol. The molecule has 0 amide bonds. The van der Waals surface area contributed by atoms with Crippen LogP contribution in [0.4, 0.5) is 8.78 Å². The molecule has 0 aliphatic rings. The summed E-state index contributed by atoms with van der Waals surface area (Å²) in [4.78, 5) is 11.0. The highest BCUT2D eigenvalue weighted by atomic mass is 35.5. The van der Waals surface area contributed by atoms with Gasteiger partial charge in [0.25, 0.3) is 6.43 Å². The van der Waals surface area contributed by atoms with E-state index in [1.807, 2.05) is 0 Å². The van der Waals surface area contributed by atoms with Crippen molar-refractivity contribution >= 4 is 17.4 Å². The summed E-state index contributed by atoms with van der Waals surface area (Å²) < 4.78 is 25.0. The molecule has 0 radical (unpaired) electrons. The van der Waals surface area contributed by atoms with E-state index in [2.05, 4.69) is 0 Å². The standard InChI is InChI=1S/C11H11ClF2O/c1-7-2-3-8(4-9(15)6-12)5-10(7)11(13)14/h2-3,5,11H,4,6H2,1H3. The smallest absolute Gasteiger partial charge is 0.264 e. The number of hydrogen-bond donors (Lipinski definition) is 0. The van der Waals surface area contributed by atoms with Crippen molar-refractivity contribution in [3.8, 4) is 0 Å². The molecule has 82 valence electrons. The molecular formula is C11H11ClF2O. The van der Waals surface area contributed by atoms with Crippen molar-refractivity contribution in [1.29, 1.82) is 0 Å². The zero-order chi connectivity index (χ0) is 11.4. The Hall–Kier alpha value is -0.960. The molecule has 0 unspecified atom stereocenters. The van der Waals surface area contributed by atoms with Crippen molar-refractivity contribution in [2.45, 2.75) is 19.8 Å². The predicted octanol–water partition coefficient (Wildman–Crippen LogP) is 3.28. The molecule has 0 N–H and O–H groups in total. The number of hydrogen-bond acceptors (Lipinski definition) is 1. The number of halogens is 3. The molecule has 0 atom stereocenters. The largest absolute Gasteiger partial charge is 0.298 e. The Bertz CT molecular complexity index is 364. The summed E-state index contributed by atoms with van der Waals surface area (Å²) in [6.45, 7) is 1.62. The van der Waals surface area contributed by atoms with Crippen LogP contribution in [0.15, 0.2) is 18.2 Å². The van der Waals surface area contributed by atoms with Crippen LogP contribution in [0.3, 0.4) is 0 Å². The van der Waals surface area contributed by atoms with Crippen molar-refractivity contribution in [2.24, 2.45) is 0 Å². The van der Waals surface area contributed by atoms with E-state index >= 15 is 0 Å². The van der Waals surface area contributed by atoms with E-state index < -0.39 is 6.43 Å². The first kappa shape index (κ1) is 12.1. The van der Waals surface area contributed by atoms with Gasteiger partial charge in [0.05, 0.1) is 5.88 Å². The number of rotatable bonds is 4. The number of alkyl halides is 3. The van der Waals surface area contributed by atoms with E-state index in [1.165, 1.54) is 6.07 Å². The second-order valence-electron chi connectivity index (χ2n) is 3.34. The first-order valence-corrected chi connectivity index (χ1v) is 5.03. The lowest BCUT2D eigenvalue weighted by atomic mass is 10.0. The van der Waals surface area contributed by atoms with Gasteiger partial charge < -0.3 is 0 Å². The number of carbonyl (C=O) groups is 1. The van der Waals surface area contributed by atoms with E-state index in [9.17, 15) is 13.6 Å². The molecule has 0 aliphatic heterocycles. The summed E-state index contributed by atoms with van der Waals surface area (Å²) in [5, 5.41) is 0. The van der Waals surface area contributed by atoms with E-state index in [4.69, 9.17) is 11.6 Å². The summed E-state index contributed by atoms with van der Waals surface area (Å²) in [7, 11) is 0. The molecule has 0 saturated carbocycles. The average molecular weight is 233 g/mol. The maximum absolute atomic E-state index is 12.5. The normalized spacial score (nSPS) is 10.7. The highest BCUT2D eigenvalue weighted by molar-refractivity contribution is 6.27. The Morgan fingerprint density at radius 2 is 2.13 bits per heavy atom. The van der Waals surface area contributed by atoms with E-state index in [-0.39, 0.29) is 23.6 Å². The van der Waals surface area contributed by atoms with Crippen LogP contribution in [-0.2, 0) is 11.2 Å². The molecule has 0 bridgehead atoms. The lowest BCUT2D eigenvalue weighted by Crippen LogP contribution is -2.04. The molecule has 0 saturated heterocycles. The van der Waals surface area contributed by atoms with Crippen LogP contribution in [0.5, 0.6) is 0 Å². The van der Waals surface area contributed by atoms with Gasteiger partial charge in [0.15, 0.2) is 5.78 Å². The SMILES string of the molecule is Cc1ccc(CC(=O)CCl)cc1C(F)F. The summed E-state index contributed by atoms with van der Waals surface area (Å²) in [6, 6.07) is 4.63. The van der Waals surface area contributed by atoms with E-state index in [0.29, 0.717) is 11.1 Å². The Balaban J connectivity index is 2.92. The van der Waals surface area contributed by atoms with Crippen molar-refractivity contribution in [2.75, 3.05) is 5.88 Å². The van der Waals surface area contributed by atoms with Crippen LogP contribution < -0.4 is 0 Å². The van der Waals surface area contributed by atoms with Gasteiger partial charge in [-0.15, -0.1) is 11.6 Å². The van der Waals surface area contributed by atoms with Gasteiger partial charge in [-0.3, -0.25) is 4.79 Å². The zero-order valence-electron chi connectivity index (χ0n) is 8.27. The summed E-state index contributed by atoms with van der Waals surface area (Å²) >= 11 is 5.34. The van der Waals surface area contributed by atoms with Crippen molar-refractivity contribution < 1.29 is 13.6 Å². The van der Waals surface area contributed by atoms with Gasteiger partial charge in [-0.25, -0.2) is 8.78 Å². The first-order chi connectivity index (χ1) is 7.04. The van der Waals surface area contributed by atoms with Crippen molar-refractivity contribution in [3.63, 3.8) is 0 Å². The molecule has 1 aromatic carbocycles. The van der Waals surface area contributed by atoms with Gasteiger partial charge >= 0.3 is 0 Å². The summed E-state index contributed by atoms with van der Waals surface area (Å²) in [5.41, 5.74) is 1.10. The lowest BCUT2D eigenvalue weighted by Gasteiger charge is -2.07. The van der Waals surface area contributed by atoms with Crippen LogP contribution in [0.2, 0.25) is 0 Å². The third-order valence-electron chi connectivity index (χ3n) is 2.13. The highest BCUT2D eigenvalue weighted by Gasteiger charge is 2.12. The van der Waals surface area contributed by atoms with Gasteiger partial charge in [0.1, 0.15) is 0 Å². The average Bonchev–Trinajstić information content (AvgIpc) is 2.20.